The van der Waals surface area contributed by atoms with Crippen LogP contribution in [0.5, 0.6) is 5.75 Å². The number of aliphatic hydroxyl groups excluding tert-OH is 1. The quantitative estimate of drug-likeness (QED) is 0.246. The topological polar surface area (TPSA) is 153 Å². The van der Waals surface area contributed by atoms with Crippen LogP contribution in [0.3, 0.4) is 0 Å². The van der Waals surface area contributed by atoms with Crippen molar-refractivity contribution in [3.63, 3.8) is 0 Å². The van der Waals surface area contributed by atoms with Crippen LogP contribution in [0, 0.1) is 5.92 Å². The fourth-order valence-electron chi connectivity index (χ4n) is 5.91. The van der Waals surface area contributed by atoms with Gasteiger partial charge in [0, 0.05) is 12.8 Å². The Bertz CT molecular complexity index is 937. The van der Waals surface area contributed by atoms with Gasteiger partial charge < -0.3 is 20.4 Å². The molecule has 4 rings (SSSR count). The number of aromatic carboxylic acids is 1. The minimum absolute atomic E-state index is 0.00465. The van der Waals surface area contributed by atoms with Crippen molar-refractivity contribution in [2.75, 3.05) is 6.54 Å². The Hall–Kier alpha value is -2.53. The zero-order chi connectivity index (χ0) is 23.1. The molecule has 32 heavy (non-hydrogen) atoms. The maximum Gasteiger partial charge on any atom is 0.378 e. The molecule has 5 atom stereocenters. The molecule has 0 aromatic heterocycles. The highest BCUT2D eigenvalue weighted by Crippen LogP contribution is 2.59. The Morgan fingerprint density at radius 2 is 1.94 bits per heavy atom. The highest BCUT2D eigenvalue weighted by molar-refractivity contribution is 5.97. The minimum Gasteiger partial charge on any atom is -0.508 e. The Morgan fingerprint density at radius 1 is 1.16 bits per heavy atom. The number of carbonyl (C=O) groups is 3. The van der Waals surface area contributed by atoms with Gasteiger partial charge in [-0.1, -0.05) is 0 Å². The molecule has 1 saturated carbocycles. The number of aliphatic carboxylic acids is 1. The normalized spacial score (nSPS) is 34.4. The molecule has 5 unspecified atom stereocenters. The van der Waals surface area contributed by atoms with Crippen molar-refractivity contribution in [1.82, 2.24) is 5.48 Å². The lowest BCUT2D eigenvalue weighted by Gasteiger charge is -2.35. The van der Waals surface area contributed by atoms with Crippen molar-refractivity contribution >= 4 is 17.8 Å². The van der Waals surface area contributed by atoms with Gasteiger partial charge in [0.15, 0.2) is 6.17 Å². The third kappa shape index (κ3) is 3.47. The van der Waals surface area contributed by atoms with Crippen LogP contribution in [-0.4, -0.2) is 67.1 Å². The molecule has 1 aliphatic carbocycles. The van der Waals surface area contributed by atoms with Crippen LogP contribution in [-0.2, 0) is 21.0 Å². The van der Waals surface area contributed by atoms with Crippen molar-refractivity contribution in [2.24, 2.45) is 5.92 Å². The molecule has 2 heterocycles. The Kier molecular flexibility index (Phi) is 5.97. The van der Waals surface area contributed by atoms with Gasteiger partial charge in [0.05, 0.1) is 24.8 Å². The Morgan fingerprint density at radius 3 is 2.66 bits per heavy atom. The second-order valence-corrected chi connectivity index (χ2v) is 9.07. The number of nitrogens with zero attached hydrogens (tertiary/aromatic N) is 1. The van der Waals surface area contributed by atoms with Crippen molar-refractivity contribution in [2.45, 2.75) is 69.4 Å². The number of hydroxylamine groups is 1. The lowest BCUT2D eigenvalue weighted by molar-refractivity contribution is -0.835. The second-order valence-electron chi connectivity index (χ2n) is 9.07. The molecule has 1 aromatic rings. The van der Waals surface area contributed by atoms with Gasteiger partial charge in [0.2, 0.25) is 5.54 Å². The van der Waals surface area contributed by atoms with Gasteiger partial charge in [0.1, 0.15) is 11.7 Å². The number of hydrogen-bond donors (Lipinski definition) is 5. The predicted molar refractivity (Wildman–Crippen MR) is 109 cm³/mol. The number of hydrogen-bond acceptors (Lipinski definition) is 7. The van der Waals surface area contributed by atoms with Gasteiger partial charge in [-0.05, 0) is 55.9 Å². The SMILES string of the molecule is O=C(O)c1ccc(O)cc1CONC1CCCCC[N+]12C(=O)C21CC(O)CCC1C(=O)O. The number of rotatable bonds is 6. The van der Waals surface area contributed by atoms with Gasteiger partial charge in [0.25, 0.3) is 0 Å². The molecule has 3 fully saturated rings. The average Bonchev–Trinajstić information content (AvgIpc) is 3.31. The summed E-state index contributed by atoms with van der Waals surface area (Å²) in [6.07, 6.45) is 2.60. The molecule has 2 aliphatic heterocycles. The molecule has 2 saturated heterocycles. The van der Waals surface area contributed by atoms with Gasteiger partial charge in [-0.2, -0.15) is 0 Å². The number of quaternary nitrogens is 1. The molecule has 2 spiro atoms. The number of aliphatic hydroxyl groups is 1. The lowest BCUT2D eigenvalue weighted by atomic mass is 9.76. The maximum atomic E-state index is 13.4. The van der Waals surface area contributed by atoms with E-state index in [1.165, 1.54) is 18.2 Å². The first kappa shape index (κ1) is 22.7. The average molecular weight is 449 g/mol. The molecule has 3 aliphatic rings. The smallest absolute Gasteiger partial charge is 0.378 e. The highest BCUT2D eigenvalue weighted by Gasteiger charge is 2.87. The van der Waals surface area contributed by atoms with E-state index in [1.54, 1.807) is 0 Å². The molecule has 174 valence electrons. The summed E-state index contributed by atoms with van der Waals surface area (Å²) in [5.41, 5.74) is 2.03. The largest absolute Gasteiger partial charge is 0.508 e. The maximum absolute atomic E-state index is 13.4. The molecule has 0 radical (unpaired) electrons. The van der Waals surface area contributed by atoms with Crippen molar-refractivity contribution < 1.29 is 44.1 Å². The van der Waals surface area contributed by atoms with Crippen molar-refractivity contribution in [1.29, 1.82) is 0 Å². The number of fused-ring (bicyclic) bond motifs is 1. The van der Waals surface area contributed by atoms with Crippen LogP contribution < -0.4 is 5.48 Å². The molecule has 10 heteroatoms. The minimum atomic E-state index is -1.16. The van der Waals surface area contributed by atoms with Crippen LogP contribution in [0.4, 0.5) is 0 Å². The summed E-state index contributed by atoms with van der Waals surface area (Å²) in [6.45, 7) is 0.321. The lowest BCUT2D eigenvalue weighted by Crippen LogP contribution is -2.57. The van der Waals surface area contributed by atoms with Crippen LogP contribution in [0.2, 0.25) is 0 Å². The molecule has 0 bridgehead atoms. The van der Waals surface area contributed by atoms with Gasteiger partial charge in [-0.15, -0.1) is 5.48 Å². The van der Waals surface area contributed by atoms with Crippen LogP contribution in [0.15, 0.2) is 18.2 Å². The van der Waals surface area contributed by atoms with Crippen LogP contribution in [0.25, 0.3) is 0 Å². The summed E-state index contributed by atoms with van der Waals surface area (Å²) < 4.78 is -0.0626. The summed E-state index contributed by atoms with van der Waals surface area (Å²) in [5, 5.41) is 39.2. The Balaban J connectivity index is 1.57. The summed E-state index contributed by atoms with van der Waals surface area (Å²) >= 11 is 0. The zero-order valence-corrected chi connectivity index (χ0v) is 17.7. The van der Waals surface area contributed by atoms with Crippen LogP contribution in [0.1, 0.15) is 60.9 Å². The fourth-order valence-corrected chi connectivity index (χ4v) is 5.91. The van der Waals surface area contributed by atoms with E-state index in [4.69, 9.17) is 4.84 Å². The van der Waals surface area contributed by atoms with E-state index in [9.17, 15) is 34.8 Å². The van der Waals surface area contributed by atoms with E-state index in [-0.39, 0.29) is 46.7 Å². The standard InChI is InChI=1S/C22H28N2O8/c25-14-5-7-16(19(27)28)13(10-14)12-32-23-18-4-2-1-3-9-24(18)21(31)22(24)11-15(26)6-8-17(22)20(29)30/h5,7,10,15,17-18,23,26H,1-4,6,8-9,11-12H2,(H2-,25,27,28,29,30)/p+1. The number of aromatic hydroxyl groups is 1. The number of phenols is 1. The molecule has 10 nitrogen and oxygen atoms in total. The van der Waals surface area contributed by atoms with E-state index in [2.05, 4.69) is 5.48 Å². The number of carbonyl (C=O) groups excluding carboxylic acids is 1. The third-order valence-electron chi connectivity index (χ3n) is 7.39. The number of phenolic OH excluding ortho intramolecular Hbond substituents is 1. The highest BCUT2D eigenvalue weighted by atomic mass is 16.6. The fraction of sp³-hybridized carbons (Fsp3) is 0.591. The molecule has 1 aromatic carbocycles. The second kappa shape index (κ2) is 8.43. The van der Waals surface area contributed by atoms with Crippen LogP contribution >= 0.6 is 0 Å². The summed E-state index contributed by atoms with van der Waals surface area (Å²) in [5.74, 6) is -3.29. The Labute approximate surface area is 185 Å². The number of carboxylic acids is 2. The van der Waals surface area contributed by atoms with E-state index < -0.39 is 35.7 Å². The third-order valence-corrected chi connectivity index (χ3v) is 7.39. The van der Waals surface area contributed by atoms with Crippen molar-refractivity contribution in [3.05, 3.63) is 29.3 Å². The van der Waals surface area contributed by atoms with E-state index in [0.717, 1.165) is 19.3 Å². The first-order valence-corrected chi connectivity index (χ1v) is 11.0. The van der Waals surface area contributed by atoms with E-state index in [0.29, 0.717) is 19.4 Å². The number of amides is 1. The molecular weight excluding hydrogens is 420 g/mol. The molecular formula is C22H29N2O8+. The van der Waals surface area contributed by atoms with Gasteiger partial charge >= 0.3 is 17.8 Å². The molecule has 1 amide bonds. The number of carboxylic acid groups (broad SMARTS) is 2. The van der Waals surface area contributed by atoms with Gasteiger partial charge in [-0.3, -0.25) is 9.63 Å². The summed E-state index contributed by atoms with van der Waals surface area (Å²) in [7, 11) is 0. The van der Waals surface area contributed by atoms with E-state index >= 15 is 0 Å². The first-order chi connectivity index (χ1) is 15.2. The predicted octanol–water partition coefficient (Wildman–Crippen LogP) is 1.35. The zero-order valence-electron chi connectivity index (χ0n) is 17.7. The number of benzene rings is 1. The van der Waals surface area contributed by atoms with Crippen molar-refractivity contribution in [3.8, 4) is 5.75 Å². The van der Waals surface area contributed by atoms with Gasteiger partial charge in [-0.25, -0.2) is 14.1 Å². The summed E-state index contributed by atoms with van der Waals surface area (Å²) in [4.78, 5) is 42.5. The summed E-state index contributed by atoms with van der Waals surface area (Å²) in [6, 6.07) is 3.88. The first-order valence-electron chi connectivity index (χ1n) is 11.0. The number of nitrogens with one attached hydrogen (secondary N) is 1. The monoisotopic (exact) mass is 449 g/mol. The molecule has 5 N–H and O–H groups in total. The van der Waals surface area contributed by atoms with E-state index in [1.807, 2.05) is 0 Å².